The molecule has 0 bridgehead atoms. The lowest BCUT2D eigenvalue weighted by atomic mass is 10.1. The monoisotopic (exact) mass is 318 g/mol. The minimum atomic E-state index is -3.02. The number of halogens is 3. The molecule has 22 heavy (non-hydrogen) atoms. The van der Waals surface area contributed by atoms with Crippen molar-refractivity contribution in [1.82, 2.24) is 4.90 Å². The summed E-state index contributed by atoms with van der Waals surface area (Å²) in [4.78, 5) is 16.6. The molecule has 7 heteroatoms. The van der Waals surface area contributed by atoms with Gasteiger partial charge in [-0.25, -0.2) is 18.0 Å². The molecule has 0 aromatic carbocycles. The third kappa shape index (κ3) is 5.54. The molecular formula is C15H21F3N2O2. The Morgan fingerprint density at radius 2 is 2.05 bits per heavy atom. The first kappa shape index (κ1) is 18.3. The Labute approximate surface area is 128 Å². The number of likely N-dealkylation sites (tertiary alicyclic amines) is 1. The minimum absolute atomic E-state index is 0.195. The van der Waals surface area contributed by atoms with E-state index in [0.29, 0.717) is 0 Å². The highest BCUT2D eigenvalue weighted by molar-refractivity contribution is 5.82. The molecule has 0 N–H and O–H groups in total. The van der Waals surface area contributed by atoms with Crippen LogP contribution in [0.25, 0.3) is 0 Å². The first-order valence-corrected chi connectivity index (χ1v) is 6.83. The molecule has 0 spiro atoms. The fourth-order valence-electron chi connectivity index (χ4n) is 1.98. The Morgan fingerprint density at radius 3 is 2.55 bits per heavy atom. The molecule has 1 heterocycles. The average Bonchev–Trinajstić information content (AvgIpc) is 2.62. The summed E-state index contributed by atoms with van der Waals surface area (Å²) in [5.74, 6) is -3.55. The van der Waals surface area contributed by atoms with E-state index in [9.17, 15) is 18.0 Å². The Bertz CT molecular complexity index is 503. The van der Waals surface area contributed by atoms with Gasteiger partial charge < -0.3 is 4.74 Å². The zero-order valence-corrected chi connectivity index (χ0v) is 13.2. The van der Waals surface area contributed by atoms with E-state index >= 15 is 0 Å². The number of aliphatic imine (C=N–C) groups is 1. The lowest BCUT2D eigenvalue weighted by Crippen LogP contribution is -2.41. The van der Waals surface area contributed by atoms with Crippen molar-refractivity contribution in [2.45, 2.75) is 51.7 Å². The predicted molar refractivity (Wildman–Crippen MR) is 78.8 cm³/mol. The summed E-state index contributed by atoms with van der Waals surface area (Å²) >= 11 is 0. The second-order valence-electron chi connectivity index (χ2n) is 6.25. The molecule has 1 rings (SSSR count). The van der Waals surface area contributed by atoms with Crippen molar-refractivity contribution < 1.29 is 22.7 Å². The number of carbonyl (C=O) groups is 1. The number of nitrogens with zero attached hydrogens (tertiary/aromatic N) is 2. The van der Waals surface area contributed by atoms with E-state index in [-0.39, 0.29) is 5.57 Å². The standard InChI is InChI=1S/C15H21F3N2O2/c1-10(7-19-8-11(2)16)12-6-15(17,18)9-20(12)13(21)22-14(3,4)5/h7-8,12H,1,6,9H2,2-5H3/b11-8+,19-7-/t12-/m1/s1. The summed E-state index contributed by atoms with van der Waals surface area (Å²) in [5.41, 5.74) is -0.594. The van der Waals surface area contributed by atoms with Gasteiger partial charge in [0, 0.05) is 12.6 Å². The summed E-state index contributed by atoms with van der Waals surface area (Å²) in [6, 6.07) is -0.929. The number of rotatable bonds is 3. The van der Waals surface area contributed by atoms with Crippen LogP contribution in [0.15, 0.2) is 29.2 Å². The van der Waals surface area contributed by atoms with Crippen LogP contribution in [-0.4, -0.2) is 41.3 Å². The van der Waals surface area contributed by atoms with Crippen LogP contribution in [0.3, 0.4) is 0 Å². The summed E-state index contributed by atoms with van der Waals surface area (Å²) in [6.45, 7) is 9.07. The fraction of sp³-hybridized carbons (Fsp3) is 0.600. The first-order chi connectivity index (χ1) is 9.91. The summed E-state index contributed by atoms with van der Waals surface area (Å²) in [7, 11) is 0. The first-order valence-electron chi connectivity index (χ1n) is 6.83. The maximum absolute atomic E-state index is 13.6. The smallest absolute Gasteiger partial charge is 0.411 e. The van der Waals surface area contributed by atoms with Gasteiger partial charge in [-0.1, -0.05) is 6.58 Å². The number of alkyl halides is 2. The predicted octanol–water partition coefficient (Wildman–Crippen LogP) is 4.09. The summed E-state index contributed by atoms with van der Waals surface area (Å²) < 4.78 is 45.0. The molecule has 1 fully saturated rings. The van der Waals surface area contributed by atoms with Crippen LogP contribution in [0.2, 0.25) is 0 Å². The second kappa shape index (κ2) is 6.54. The molecule has 0 aromatic heterocycles. The van der Waals surface area contributed by atoms with E-state index in [1.165, 1.54) is 13.1 Å². The van der Waals surface area contributed by atoms with E-state index in [1.807, 2.05) is 0 Å². The molecule has 1 aliphatic heterocycles. The largest absolute Gasteiger partial charge is 0.444 e. The highest BCUT2D eigenvalue weighted by atomic mass is 19.3. The van der Waals surface area contributed by atoms with Crippen molar-refractivity contribution in [3.05, 3.63) is 24.2 Å². The SMILES string of the molecule is C=C(/C=N\C=C(/C)F)[C@H]1CC(F)(F)CN1C(=O)OC(C)(C)C. The second-order valence-corrected chi connectivity index (χ2v) is 6.25. The van der Waals surface area contributed by atoms with Gasteiger partial charge >= 0.3 is 6.09 Å². The number of hydrogen-bond donors (Lipinski definition) is 0. The molecule has 0 saturated carbocycles. The number of carbonyl (C=O) groups excluding carboxylic acids is 1. The van der Waals surface area contributed by atoms with Crippen LogP contribution in [-0.2, 0) is 4.74 Å². The van der Waals surface area contributed by atoms with Gasteiger partial charge in [-0.2, -0.15) is 0 Å². The van der Waals surface area contributed by atoms with Crippen LogP contribution < -0.4 is 0 Å². The lowest BCUT2D eigenvalue weighted by Gasteiger charge is -2.28. The maximum Gasteiger partial charge on any atom is 0.411 e. The van der Waals surface area contributed by atoms with Crippen molar-refractivity contribution in [2.75, 3.05) is 6.54 Å². The topological polar surface area (TPSA) is 41.9 Å². The van der Waals surface area contributed by atoms with Gasteiger partial charge in [0.05, 0.1) is 18.8 Å². The van der Waals surface area contributed by atoms with E-state index in [0.717, 1.165) is 11.1 Å². The van der Waals surface area contributed by atoms with Crippen molar-refractivity contribution in [1.29, 1.82) is 0 Å². The molecule has 1 aliphatic rings. The number of amides is 1. The highest BCUT2D eigenvalue weighted by Gasteiger charge is 2.48. The Hall–Kier alpha value is -1.79. The molecule has 0 radical (unpaired) electrons. The van der Waals surface area contributed by atoms with Crippen LogP contribution in [0.1, 0.15) is 34.1 Å². The van der Waals surface area contributed by atoms with Gasteiger partial charge in [-0.15, -0.1) is 0 Å². The number of ether oxygens (including phenoxy) is 1. The molecule has 0 unspecified atom stereocenters. The zero-order chi connectivity index (χ0) is 17.1. The minimum Gasteiger partial charge on any atom is -0.444 e. The van der Waals surface area contributed by atoms with Crippen LogP contribution in [0.4, 0.5) is 18.0 Å². The van der Waals surface area contributed by atoms with E-state index in [2.05, 4.69) is 11.6 Å². The normalized spacial score (nSPS) is 22.2. The van der Waals surface area contributed by atoms with Crippen molar-refractivity contribution >= 4 is 12.3 Å². The fourth-order valence-corrected chi connectivity index (χ4v) is 1.98. The van der Waals surface area contributed by atoms with Gasteiger partial charge in [0.1, 0.15) is 11.4 Å². The van der Waals surface area contributed by atoms with Gasteiger partial charge in [0.25, 0.3) is 5.92 Å². The van der Waals surface area contributed by atoms with Crippen molar-refractivity contribution in [3.8, 4) is 0 Å². The molecule has 1 saturated heterocycles. The van der Waals surface area contributed by atoms with Crippen molar-refractivity contribution in [2.24, 2.45) is 4.99 Å². The zero-order valence-electron chi connectivity index (χ0n) is 13.2. The quantitative estimate of drug-likeness (QED) is 0.736. The number of hydrogen-bond acceptors (Lipinski definition) is 3. The van der Waals surface area contributed by atoms with Gasteiger partial charge in [-0.05, 0) is 33.3 Å². The molecule has 4 nitrogen and oxygen atoms in total. The lowest BCUT2D eigenvalue weighted by molar-refractivity contribution is -0.00219. The highest BCUT2D eigenvalue weighted by Crippen LogP contribution is 2.35. The average molecular weight is 318 g/mol. The van der Waals surface area contributed by atoms with Crippen LogP contribution in [0.5, 0.6) is 0 Å². The Balaban J connectivity index is 2.90. The van der Waals surface area contributed by atoms with Crippen molar-refractivity contribution in [3.63, 3.8) is 0 Å². The number of allylic oxidation sites excluding steroid dienone is 1. The summed E-state index contributed by atoms with van der Waals surface area (Å²) in [5, 5.41) is 0. The maximum atomic E-state index is 13.6. The molecule has 0 aromatic rings. The molecule has 124 valence electrons. The van der Waals surface area contributed by atoms with Crippen LogP contribution in [0, 0.1) is 0 Å². The summed E-state index contributed by atoms with van der Waals surface area (Å²) in [6.07, 6.45) is 0.722. The van der Waals surface area contributed by atoms with E-state index in [4.69, 9.17) is 4.74 Å². The third-order valence-corrected chi connectivity index (χ3v) is 2.82. The van der Waals surface area contributed by atoms with E-state index in [1.54, 1.807) is 20.8 Å². The third-order valence-electron chi connectivity index (χ3n) is 2.82. The van der Waals surface area contributed by atoms with Gasteiger partial charge in [0.15, 0.2) is 0 Å². The molecule has 0 aliphatic carbocycles. The van der Waals surface area contributed by atoms with E-state index < -0.39 is 42.5 Å². The molecular weight excluding hydrogens is 297 g/mol. The molecule has 1 atom stereocenters. The Kier molecular flexibility index (Phi) is 5.43. The van der Waals surface area contributed by atoms with Gasteiger partial charge in [-0.3, -0.25) is 9.89 Å². The molecule has 1 amide bonds. The van der Waals surface area contributed by atoms with Crippen LogP contribution >= 0.6 is 0 Å². The van der Waals surface area contributed by atoms with Gasteiger partial charge in [0.2, 0.25) is 0 Å². The Morgan fingerprint density at radius 1 is 1.45 bits per heavy atom.